The van der Waals surface area contributed by atoms with E-state index in [0.29, 0.717) is 5.56 Å². The summed E-state index contributed by atoms with van der Waals surface area (Å²) in [5, 5.41) is 8.89. The summed E-state index contributed by atoms with van der Waals surface area (Å²) >= 11 is 0. The number of hydrogen-bond acceptors (Lipinski definition) is 3. The highest BCUT2D eigenvalue weighted by Gasteiger charge is 2.20. The predicted octanol–water partition coefficient (Wildman–Crippen LogP) is 2.81. The van der Waals surface area contributed by atoms with Gasteiger partial charge in [0.25, 0.3) is 0 Å². The van der Waals surface area contributed by atoms with Crippen molar-refractivity contribution in [1.82, 2.24) is 0 Å². The number of hydrogen-bond donors (Lipinski definition) is 1. The van der Waals surface area contributed by atoms with Crippen molar-refractivity contribution >= 4 is 15.8 Å². The smallest absolute Gasteiger partial charge is 0.335 e. The number of rotatable bonds is 4. The van der Waals surface area contributed by atoms with E-state index in [1.54, 1.807) is 25.1 Å². The molecule has 4 nitrogen and oxygen atoms in total. The Morgan fingerprint density at radius 1 is 1.19 bits per heavy atom. The maximum absolute atomic E-state index is 13.7. The minimum atomic E-state index is -3.74. The Labute approximate surface area is 121 Å². The van der Waals surface area contributed by atoms with Gasteiger partial charge in [0.2, 0.25) is 0 Å². The maximum Gasteiger partial charge on any atom is 0.335 e. The van der Waals surface area contributed by atoms with Crippen molar-refractivity contribution in [1.29, 1.82) is 0 Å². The third-order valence-corrected chi connectivity index (χ3v) is 4.89. The quantitative estimate of drug-likeness (QED) is 0.942. The molecule has 0 spiro atoms. The second-order valence-electron chi connectivity index (χ2n) is 4.64. The lowest BCUT2D eigenvalue weighted by Crippen LogP contribution is -2.09. The summed E-state index contributed by atoms with van der Waals surface area (Å²) in [7, 11) is -3.74. The zero-order chi connectivity index (χ0) is 15.6. The minimum Gasteiger partial charge on any atom is -0.478 e. The topological polar surface area (TPSA) is 71.4 Å². The van der Waals surface area contributed by atoms with Gasteiger partial charge in [-0.2, -0.15) is 0 Å². The molecule has 0 radical (unpaired) electrons. The molecule has 0 fully saturated rings. The van der Waals surface area contributed by atoms with Crippen LogP contribution in [0.3, 0.4) is 0 Å². The first-order valence-corrected chi connectivity index (χ1v) is 7.76. The summed E-state index contributed by atoms with van der Waals surface area (Å²) < 4.78 is 38.4. The molecule has 0 unspecified atom stereocenters. The summed E-state index contributed by atoms with van der Waals surface area (Å²) in [6.45, 7) is 1.65. The van der Waals surface area contributed by atoms with Crippen LogP contribution < -0.4 is 0 Å². The van der Waals surface area contributed by atoms with Crippen LogP contribution in [0, 0.1) is 12.7 Å². The average Bonchev–Trinajstić information content (AvgIpc) is 2.41. The zero-order valence-electron chi connectivity index (χ0n) is 11.2. The normalized spacial score (nSPS) is 11.3. The van der Waals surface area contributed by atoms with Gasteiger partial charge in [-0.05, 0) is 36.8 Å². The number of carboxylic acid groups (broad SMARTS) is 1. The van der Waals surface area contributed by atoms with Crippen LogP contribution in [-0.4, -0.2) is 19.5 Å². The van der Waals surface area contributed by atoms with E-state index in [1.165, 1.54) is 6.07 Å². The van der Waals surface area contributed by atoms with Gasteiger partial charge < -0.3 is 5.11 Å². The van der Waals surface area contributed by atoms with Gasteiger partial charge in [0.05, 0.1) is 16.2 Å². The predicted molar refractivity (Wildman–Crippen MR) is 75.4 cm³/mol. The van der Waals surface area contributed by atoms with Crippen molar-refractivity contribution in [3.63, 3.8) is 0 Å². The molecule has 21 heavy (non-hydrogen) atoms. The Bertz CT molecular complexity index is 797. The largest absolute Gasteiger partial charge is 0.478 e. The van der Waals surface area contributed by atoms with Gasteiger partial charge in [0.1, 0.15) is 5.82 Å². The number of aromatic carboxylic acids is 1. The second kappa shape index (κ2) is 5.65. The summed E-state index contributed by atoms with van der Waals surface area (Å²) in [5.41, 5.74) is 0.261. The van der Waals surface area contributed by atoms with E-state index >= 15 is 0 Å². The van der Waals surface area contributed by atoms with E-state index in [2.05, 4.69) is 0 Å². The number of aryl methyl sites for hydroxylation is 1. The molecule has 2 aromatic carbocycles. The van der Waals surface area contributed by atoms with Crippen LogP contribution in [0.4, 0.5) is 4.39 Å². The van der Waals surface area contributed by atoms with Crippen LogP contribution in [0.2, 0.25) is 0 Å². The monoisotopic (exact) mass is 308 g/mol. The van der Waals surface area contributed by atoms with Crippen LogP contribution in [0.15, 0.2) is 47.4 Å². The van der Waals surface area contributed by atoms with Crippen molar-refractivity contribution in [3.8, 4) is 0 Å². The molecule has 6 heteroatoms. The molecule has 0 heterocycles. The fourth-order valence-electron chi connectivity index (χ4n) is 2.01. The van der Waals surface area contributed by atoms with Crippen molar-refractivity contribution in [3.05, 3.63) is 65.0 Å². The SMILES string of the molecule is Cc1ccccc1S(=O)(=O)Cc1cc(C(=O)O)ccc1F. The molecule has 0 aromatic heterocycles. The lowest BCUT2D eigenvalue weighted by molar-refractivity contribution is 0.0696. The van der Waals surface area contributed by atoms with Crippen molar-refractivity contribution < 1.29 is 22.7 Å². The molecule has 0 aliphatic rings. The Morgan fingerprint density at radius 2 is 1.86 bits per heavy atom. The molecular weight excluding hydrogens is 295 g/mol. The summed E-state index contributed by atoms with van der Waals surface area (Å²) in [6.07, 6.45) is 0. The molecule has 2 rings (SSSR count). The highest BCUT2D eigenvalue weighted by molar-refractivity contribution is 7.90. The number of carboxylic acids is 1. The van der Waals surface area contributed by atoms with Crippen LogP contribution in [0.25, 0.3) is 0 Å². The van der Waals surface area contributed by atoms with E-state index in [9.17, 15) is 17.6 Å². The van der Waals surface area contributed by atoms with Gasteiger partial charge in [-0.25, -0.2) is 17.6 Å². The van der Waals surface area contributed by atoms with Crippen LogP contribution in [-0.2, 0) is 15.6 Å². The third kappa shape index (κ3) is 3.28. The van der Waals surface area contributed by atoms with E-state index in [0.717, 1.165) is 18.2 Å². The minimum absolute atomic E-state index is 0.116. The molecular formula is C15H13FO4S. The van der Waals surface area contributed by atoms with E-state index in [-0.39, 0.29) is 16.0 Å². The molecule has 2 aromatic rings. The van der Waals surface area contributed by atoms with Crippen molar-refractivity contribution in [2.75, 3.05) is 0 Å². The van der Waals surface area contributed by atoms with Gasteiger partial charge in [0, 0.05) is 5.56 Å². The fourth-order valence-corrected chi connectivity index (χ4v) is 3.64. The Kier molecular flexibility index (Phi) is 4.09. The van der Waals surface area contributed by atoms with Gasteiger partial charge >= 0.3 is 5.97 Å². The van der Waals surface area contributed by atoms with Crippen LogP contribution in [0.5, 0.6) is 0 Å². The number of halogens is 1. The molecule has 110 valence electrons. The second-order valence-corrected chi connectivity index (χ2v) is 6.59. The maximum atomic E-state index is 13.7. The first kappa shape index (κ1) is 15.2. The highest BCUT2D eigenvalue weighted by Crippen LogP contribution is 2.22. The van der Waals surface area contributed by atoms with E-state index < -0.39 is 27.4 Å². The summed E-state index contributed by atoms with van der Waals surface area (Å²) in [5.74, 6) is -2.55. The van der Waals surface area contributed by atoms with Gasteiger partial charge in [-0.1, -0.05) is 18.2 Å². The zero-order valence-corrected chi connectivity index (χ0v) is 12.0. The Morgan fingerprint density at radius 3 is 2.48 bits per heavy atom. The summed E-state index contributed by atoms with van der Waals surface area (Å²) in [4.78, 5) is 11.0. The first-order chi connectivity index (χ1) is 9.81. The van der Waals surface area contributed by atoms with Crippen molar-refractivity contribution in [2.24, 2.45) is 0 Å². The van der Waals surface area contributed by atoms with E-state index in [1.807, 2.05) is 0 Å². The molecule has 0 saturated heterocycles. The highest BCUT2D eigenvalue weighted by atomic mass is 32.2. The standard InChI is InChI=1S/C15H13FO4S/c1-10-4-2-3-5-14(10)21(19,20)9-12-8-11(15(17)18)6-7-13(12)16/h2-8H,9H2,1H3,(H,17,18). The average molecular weight is 308 g/mol. The fraction of sp³-hybridized carbons (Fsp3) is 0.133. The lowest BCUT2D eigenvalue weighted by Gasteiger charge is -2.09. The van der Waals surface area contributed by atoms with Crippen LogP contribution >= 0.6 is 0 Å². The molecule has 0 amide bonds. The Balaban J connectivity index is 2.44. The molecule has 0 bridgehead atoms. The van der Waals surface area contributed by atoms with Crippen LogP contribution in [0.1, 0.15) is 21.5 Å². The first-order valence-electron chi connectivity index (χ1n) is 6.11. The molecule has 0 saturated carbocycles. The molecule has 0 atom stereocenters. The van der Waals surface area contributed by atoms with Gasteiger partial charge in [-0.15, -0.1) is 0 Å². The van der Waals surface area contributed by atoms with E-state index in [4.69, 9.17) is 5.11 Å². The molecule has 1 N–H and O–H groups in total. The van der Waals surface area contributed by atoms with Gasteiger partial charge in [-0.3, -0.25) is 0 Å². The number of carbonyl (C=O) groups is 1. The molecule has 0 aliphatic carbocycles. The van der Waals surface area contributed by atoms with Crippen molar-refractivity contribution in [2.45, 2.75) is 17.6 Å². The third-order valence-electron chi connectivity index (χ3n) is 3.07. The number of benzene rings is 2. The summed E-state index contributed by atoms with van der Waals surface area (Å²) in [6, 6.07) is 9.51. The Hall–Kier alpha value is -2.21. The molecule has 0 aliphatic heterocycles. The van der Waals surface area contributed by atoms with Gasteiger partial charge in [0.15, 0.2) is 9.84 Å². The lowest BCUT2D eigenvalue weighted by atomic mass is 10.1. The number of sulfone groups is 1.